The van der Waals surface area contributed by atoms with E-state index in [1.54, 1.807) is 19.1 Å². The van der Waals surface area contributed by atoms with E-state index in [9.17, 15) is 9.50 Å². The van der Waals surface area contributed by atoms with Crippen LogP contribution in [0.3, 0.4) is 0 Å². The standard InChI is InChI=1S/C20H28FN3O2S.HI/c1-3-22-19(24-15-20(2,25)18-7-6-14-27-18)23-12-4-5-13-26-17-10-8-16(21)9-11-17;/h6-11,14,25H,3-5,12-13,15H2,1-2H3,(H2,22,23,24);1H. The minimum absolute atomic E-state index is 0. The first kappa shape index (κ1) is 24.6. The minimum atomic E-state index is -0.973. The van der Waals surface area contributed by atoms with E-state index < -0.39 is 5.60 Å². The highest BCUT2D eigenvalue weighted by Gasteiger charge is 2.23. The van der Waals surface area contributed by atoms with Crippen molar-refractivity contribution >= 4 is 41.3 Å². The molecular weight excluding hydrogens is 492 g/mol. The van der Waals surface area contributed by atoms with Gasteiger partial charge in [0.15, 0.2) is 5.96 Å². The summed E-state index contributed by atoms with van der Waals surface area (Å²) in [6.07, 6.45) is 1.78. The number of ether oxygens (including phenoxy) is 1. The molecule has 3 N–H and O–H groups in total. The number of hydrogen-bond donors (Lipinski definition) is 3. The first-order valence-corrected chi connectivity index (χ1v) is 10.1. The fraction of sp³-hybridized carbons (Fsp3) is 0.450. The van der Waals surface area contributed by atoms with E-state index in [-0.39, 0.29) is 36.3 Å². The van der Waals surface area contributed by atoms with Gasteiger partial charge in [0.25, 0.3) is 0 Å². The first-order chi connectivity index (χ1) is 13.0. The molecular formula is C20H29FIN3O2S. The van der Waals surface area contributed by atoms with Crippen molar-refractivity contribution in [3.8, 4) is 5.75 Å². The predicted molar refractivity (Wildman–Crippen MR) is 124 cm³/mol. The number of benzene rings is 1. The van der Waals surface area contributed by atoms with Crippen LogP contribution in [0.1, 0.15) is 31.6 Å². The second-order valence-electron chi connectivity index (χ2n) is 6.38. The van der Waals surface area contributed by atoms with Gasteiger partial charge >= 0.3 is 0 Å². The molecule has 0 spiro atoms. The van der Waals surface area contributed by atoms with Gasteiger partial charge in [-0.3, -0.25) is 0 Å². The number of thiophene rings is 1. The van der Waals surface area contributed by atoms with Crippen molar-refractivity contribution in [3.63, 3.8) is 0 Å². The van der Waals surface area contributed by atoms with Crippen molar-refractivity contribution < 1.29 is 14.2 Å². The van der Waals surface area contributed by atoms with Gasteiger partial charge in [0.1, 0.15) is 17.2 Å². The summed E-state index contributed by atoms with van der Waals surface area (Å²) in [5.74, 6) is 1.10. The molecule has 0 amide bonds. The molecule has 2 aromatic rings. The van der Waals surface area contributed by atoms with Crippen LogP contribution in [0.2, 0.25) is 0 Å². The molecule has 0 saturated carbocycles. The molecule has 1 unspecified atom stereocenters. The number of halogens is 2. The number of aliphatic imine (C=N–C) groups is 1. The quantitative estimate of drug-likeness (QED) is 0.191. The molecule has 1 heterocycles. The summed E-state index contributed by atoms with van der Waals surface area (Å²) in [5, 5.41) is 19.0. The lowest BCUT2D eigenvalue weighted by atomic mass is 10.1. The van der Waals surface area contributed by atoms with Crippen LogP contribution in [-0.2, 0) is 5.60 Å². The van der Waals surface area contributed by atoms with Gasteiger partial charge in [-0.2, -0.15) is 0 Å². The van der Waals surface area contributed by atoms with Crippen LogP contribution in [0.5, 0.6) is 5.75 Å². The molecule has 0 aliphatic carbocycles. The molecule has 0 bridgehead atoms. The molecule has 156 valence electrons. The second-order valence-corrected chi connectivity index (χ2v) is 7.33. The number of unbranched alkanes of at least 4 members (excludes halogenated alkanes) is 1. The summed E-state index contributed by atoms with van der Waals surface area (Å²) in [6.45, 7) is 6.15. The molecule has 0 aliphatic rings. The van der Waals surface area contributed by atoms with E-state index in [2.05, 4.69) is 15.6 Å². The van der Waals surface area contributed by atoms with Gasteiger partial charge in [0, 0.05) is 18.0 Å². The average Bonchev–Trinajstić information content (AvgIpc) is 3.20. The Morgan fingerprint density at radius 1 is 1.21 bits per heavy atom. The normalized spacial score (nSPS) is 13.4. The van der Waals surface area contributed by atoms with Crippen molar-refractivity contribution in [2.24, 2.45) is 4.99 Å². The Labute approximate surface area is 187 Å². The van der Waals surface area contributed by atoms with Crippen molar-refractivity contribution in [3.05, 3.63) is 52.5 Å². The summed E-state index contributed by atoms with van der Waals surface area (Å²) >= 11 is 1.53. The summed E-state index contributed by atoms with van der Waals surface area (Å²) in [7, 11) is 0. The Balaban J connectivity index is 0.00000392. The lowest BCUT2D eigenvalue weighted by molar-refractivity contribution is 0.0711. The molecule has 5 nitrogen and oxygen atoms in total. The Morgan fingerprint density at radius 3 is 2.61 bits per heavy atom. The van der Waals surface area contributed by atoms with Gasteiger partial charge in [0.05, 0.1) is 13.2 Å². The summed E-state index contributed by atoms with van der Waals surface area (Å²) in [4.78, 5) is 5.40. The lowest BCUT2D eigenvalue weighted by Gasteiger charge is -2.20. The van der Waals surface area contributed by atoms with Crippen LogP contribution >= 0.6 is 35.3 Å². The Morgan fingerprint density at radius 2 is 1.96 bits per heavy atom. The fourth-order valence-corrected chi connectivity index (χ4v) is 3.17. The molecule has 28 heavy (non-hydrogen) atoms. The molecule has 0 radical (unpaired) electrons. The van der Waals surface area contributed by atoms with Crippen molar-refractivity contribution in [2.75, 3.05) is 26.2 Å². The summed E-state index contributed by atoms with van der Waals surface area (Å²) in [5.41, 5.74) is -0.973. The molecule has 2 rings (SSSR count). The molecule has 0 saturated heterocycles. The number of hydrogen-bond acceptors (Lipinski definition) is 4. The largest absolute Gasteiger partial charge is 0.494 e. The van der Waals surface area contributed by atoms with E-state index in [0.29, 0.717) is 18.3 Å². The van der Waals surface area contributed by atoms with Crippen LogP contribution in [-0.4, -0.2) is 37.3 Å². The summed E-state index contributed by atoms with van der Waals surface area (Å²) < 4.78 is 18.4. The zero-order valence-corrected chi connectivity index (χ0v) is 19.4. The zero-order valence-electron chi connectivity index (χ0n) is 16.3. The third-order valence-electron chi connectivity index (χ3n) is 3.89. The zero-order chi connectivity index (χ0) is 19.5. The maximum Gasteiger partial charge on any atom is 0.191 e. The third-order valence-corrected chi connectivity index (χ3v) is 5.01. The number of nitrogens with one attached hydrogen (secondary N) is 2. The van der Waals surface area contributed by atoms with Gasteiger partial charge in [-0.25, -0.2) is 9.38 Å². The highest BCUT2D eigenvalue weighted by atomic mass is 127. The molecule has 8 heteroatoms. The van der Waals surface area contributed by atoms with Crippen molar-refractivity contribution in [1.82, 2.24) is 10.6 Å². The number of nitrogens with zero attached hydrogens (tertiary/aromatic N) is 1. The van der Waals surface area contributed by atoms with E-state index in [4.69, 9.17) is 4.74 Å². The molecule has 1 atom stereocenters. The van der Waals surface area contributed by atoms with Crippen LogP contribution in [0.4, 0.5) is 4.39 Å². The van der Waals surface area contributed by atoms with Gasteiger partial charge < -0.3 is 20.5 Å². The van der Waals surface area contributed by atoms with E-state index in [1.807, 2.05) is 24.4 Å². The average molecular weight is 521 g/mol. The second kappa shape index (κ2) is 12.9. The van der Waals surface area contributed by atoms with Crippen LogP contribution in [0.15, 0.2) is 46.8 Å². The van der Waals surface area contributed by atoms with Crippen LogP contribution < -0.4 is 15.4 Å². The SMILES string of the molecule is CCNC(=NCC(C)(O)c1cccs1)NCCCCOc1ccc(F)cc1.I. The molecule has 1 aromatic heterocycles. The topological polar surface area (TPSA) is 65.9 Å². The van der Waals surface area contributed by atoms with Crippen molar-refractivity contribution in [1.29, 1.82) is 0 Å². The number of rotatable bonds is 10. The monoisotopic (exact) mass is 521 g/mol. The van der Waals surface area contributed by atoms with Crippen molar-refractivity contribution in [2.45, 2.75) is 32.3 Å². The van der Waals surface area contributed by atoms with Gasteiger partial charge in [0.2, 0.25) is 0 Å². The van der Waals surface area contributed by atoms with E-state index >= 15 is 0 Å². The molecule has 0 aliphatic heterocycles. The first-order valence-electron chi connectivity index (χ1n) is 9.18. The highest BCUT2D eigenvalue weighted by Crippen LogP contribution is 2.25. The van der Waals surface area contributed by atoms with Gasteiger partial charge in [-0.15, -0.1) is 35.3 Å². The Bertz CT molecular complexity index is 694. The smallest absolute Gasteiger partial charge is 0.191 e. The number of aliphatic hydroxyl groups is 1. The van der Waals surface area contributed by atoms with E-state index in [1.165, 1.54) is 23.5 Å². The van der Waals surface area contributed by atoms with Gasteiger partial charge in [-0.05, 0) is 62.4 Å². The fourth-order valence-electron chi connectivity index (χ4n) is 2.39. The van der Waals surface area contributed by atoms with Crippen LogP contribution in [0.25, 0.3) is 0 Å². The summed E-state index contributed by atoms with van der Waals surface area (Å²) in [6, 6.07) is 9.88. The Hall–Kier alpha value is -1.39. The lowest BCUT2D eigenvalue weighted by Crippen LogP contribution is -2.39. The van der Waals surface area contributed by atoms with Gasteiger partial charge in [-0.1, -0.05) is 6.07 Å². The minimum Gasteiger partial charge on any atom is -0.494 e. The maximum atomic E-state index is 12.8. The van der Waals surface area contributed by atoms with E-state index in [0.717, 1.165) is 30.8 Å². The van der Waals surface area contributed by atoms with Crippen LogP contribution in [0, 0.1) is 5.82 Å². The maximum absolute atomic E-state index is 12.8. The third kappa shape index (κ3) is 8.74. The Kier molecular flexibility index (Phi) is 11.4. The number of guanidine groups is 1. The molecule has 0 fully saturated rings. The molecule has 1 aromatic carbocycles. The predicted octanol–water partition coefficient (Wildman–Crippen LogP) is 4.13. The highest BCUT2D eigenvalue weighted by molar-refractivity contribution is 14.0.